The molecule has 0 aliphatic heterocycles. The topological polar surface area (TPSA) is 74.6 Å². The molecule has 0 aromatic carbocycles. The second-order valence-corrected chi connectivity index (χ2v) is 3.75. The van der Waals surface area contributed by atoms with E-state index in [1.165, 1.54) is 0 Å². The van der Waals surface area contributed by atoms with Crippen molar-refractivity contribution in [2.24, 2.45) is 11.8 Å². The third kappa shape index (κ3) is 2.87. The van der Waals surface area contributed by atoms with Gasteiger partial charge in [-0.05, 0) is 11.8 Å². The molecule has 0 aliphatic rings. The van der Waals surface area contributed by atoms with Gasteiger partial charge in [-0.3, -0.25) is 0 Å². The van der Waals surface area contributed by atoms with E-state index < -0.39 is 11.9 Å². The monoisotopic (exact) mass is 200 g/mol. The van der Waals surface area contributed by atoms with Crippen molar-refractivity contribution in [3.05, 3.63) is 11.1 Å². The smallest absolute Gasteiger partial charge is 0.332 e. The SMILES string of the molecule is CC(C)/C(C(=O)O)=C(\C(=O)O)C(C)C. The molecule has 2 N–H and O–H groups in total. The lowest BCUT2D eigenvalue weighted by atomic mass is 9.90. The summed E-state index contributed by atoms with van der Waals surface area (Å²) in [4.78, 5) is 21.7. The molecule has 4 nitrogen and oxygen atoms in total. The molecule has 0 rings (SSSR count). The van der Waals surface area contributed by atoms with Crippen molar-refractivity contribution in [3.8, 4) is 0 Å². The number of hydrogen-bond donors (Lipinski definition) is 2. The van der Waals surface area contributed by atoms with Gasteiger partial charge in [-0.1, -0.05) is 27.7 Å². The van der Waals surface area contributed by atoms with E-state index in [9.17, 15) is 9.59 Å². The first-order valence-electron chi connectivity index (χ1n) is 4.49. The fraction of sp³-hybridized carbons (Fsp3) is 0.600. The number of carbonyl (C=O) groups is 2. The molecule has 0 radical (unpaired) electrons. The Kier molecular flexibility index (Phi) is 4.34. The summed E-state index contributed by atoms with van der Waals surface area (Å²) in [6.45, 7) is 6.70. The van der Waals surface area contributed by atoms with E-state index in [4.69, 9.17) is 10.2 Å². The first-order chi connectivity index (χ1) is 6.29. The number of hydrogen-bond acceptors (Lipinski definition) is 2. The minimum Gasteiger partial charge on any atom is -0.478 e. The molecule has 0 aliphatic carbocycles. The molecule has 0 atom stereocenters. The standard InChI is InChI=1S/C10H16O4/c1-5(2)7(9(11)12)8(6(3)4)10(13)14/h5-6H,1-4H3,(H,11,12)(H,13,14)/b8-7+. The summed E-state index contributed by atoms with van der Waals surface area (Å²) in [6.07, 6.45) is 0. The van der Waals surface area contributed by atoms with Crippen LogP contribution >= 0.6 is 0 Å². The van der Waals surface area contributed by atoms with Crippen LogP contribution in [0.25, 0.3) is 0 Å². The molecule has 0 saturated carbocycles. The van der Waals surface area contributed by atoms with E-state index in [1.807, 2.05) is 0 Å². The molecular weight excluding hydrogens is 184 g/mol. The van der Waals surface area contributed by atoms with E-state index in [-0.39, 0.29) is 23.0 Å². The Morgan fingerprint density at radius 3 is 1.07 bits per heavy atom. The van der Waals surface area contributed by atoms with Crippen LogP contribution in [0.15, 0.2) is 11.1 Å². The zero-order valence-electron chi connectivity index (χ0n) is 8.87. The number of rotatable bonds is 4. The second-order valence-electron chi connectivity index (χ2n) is 3.75. The fourth-order valence-corrected chi connectivity index (χ4v) is 1.35. The first kappa shape index (κ1) is 12.7. The van der Waals surface area contributed by atoms with Gasteiger partial charge in [-0.25, -0.2) is 9.59 Å². The van der Waals surface area contributed by atoms with Crippen molar-refractivity contribution in [1.29, 1.82) is 0 Å². The van der Waals surface area contributed by atoms with Crippen molar-refractivity contribution in [2.45, 2.75) is 27.7 Å². The van der Waals surface area contributed by atoms with Crippen molar-refractivity contribution in [2.75, 3.05) is 0 Å². The third-order valence-electron chi connectivity index (χ3n) is 1.91. The van der Waals surface area contributed by atoms with Crippen LogP contribution in [0, 0.1) is 11.8 Å². The summed E-state index contributed by atoms with van der Waals surface area (Å²) in [7, 11) is 0. The van der Waals surface area contributed by atoms with Gasteiger partial charge in [0.1, 0.15) is 0 Å². The summed E-state index contributed by atoms with van der Waals surface area (Å²) in [6, 6.07) is 0. The van der Waals surface area contributed by atoms with Crippen LogP contribution in [0.2, 0.25) is 0 Å². The summed E-state index contributed by atoms with van der Waals surface area (Å²) >= 11 is 0. The third-order valence-corrected chi connectivity index (χ3v) is 1.91. The number of carboxylic acid groups (broad SMARTS) is 2. The van der Waals surface area contributed by atoms with Gasteiger partial charge in [-0.2, -0.15) is 0 Å². The quantitative estimate of drug-likeness (QED) is 0.678. The van der Waals surface area contributed by atoms with Crippen molar-refractivity contribution in [1.82, 2.24) is 0 Å². The van der Waals surface area contributed by atoms with Gasteiger partial charge in [0.2, 0.25) is 0 Å². The molecule has 0 amide bonds. The van der Waals surface area contributed by atoms with Gasteiger partial charge < -0.3 is 10.2 Å². The summed E-state index contributed by atoms with van der Waals surface area (Å²) in [5.74, 6) is -2.88. The Morgan fingerprint density at radius 1 is 0.786 bits per heavy atom. The van der Waals surface area contributed by atoms with Gasteiger partial charge >= 0.3 is 11.9 Å². The molecule has 14 heavy (non-hydrogen) atoms. The largest absolute Gasteiger partial charge is 0.478 e. The van der Waals surface area contributed by atoms with E-state index in [0.717, 1.165) is 0 Å². The zero-order valence-corrected chi connectivity index (χ0v) is 8.87. The maximum Gasteiger partial charge on any atom is 0.332 e. The highest BCUT2D eigenvalue weighted by Gasteiger charge is 2.24. The van der Waals surface area contributed by atoms with Crippen LogP contribution in [0.5, 0.6) is 0 Å². The Labute approximate surface area is 83.2 Å². The Balaban J connectivity index is 5.51. The van der Waals surface area contributed by atoms with Gasteiger partial charge in [0.25, 0.3) is 0 Å². The van der Waals surface area contributed by atoms with Crippen molar-refractivity contribution >= 4 is 11.9 Å². The van der Waals surface area contributed by atoms with E-state index >= 15 is 0 Å². The molecule has 0 spiro atoms. The maximum absolute atomic E-state index is 10.9. The first-order valence-corrected chi connectivity index (χ1v) is 4.49. The van der Waals surface area contributed by atoms with Crippen LogP contribution in [0.4, 0.5) is 0 Å². The van der Waals surface area contributed by atoms with Gasteiger partial charge in [0.05, 0.1) is 11.1 Å². The van der Waals surface area contributed by atoms with Crippen LogP contribution in [-0.2, 0) is 9.59 Å². The van der Waals surface area contributed by atoms with Gasteiger partial charge in [0, 0.05) is 0 Å². The molecule has 4 heteroatoms. The minimum atomic E-state index is -1.15. The Bertz CT molecular complexity index is 246. The van der Waals surface area contributed by atoms with Crippen LogP contribution in [-0.4, -0.2) is 22.2 Å². The molecule has 0 aromatic rings. The molecule has 0 aromatic heterocycles. The predicted molar refractivity (Wildman–Crippen MR) is 52.0 cm³/mol. The van der Waals surface area contributed by atoms with E-state index in [0.29, 0.717) is 0 Å². The lowest BCUT2D eigenvalue weighted by Gasteiger charge is -2.14. The summed E-state index contributed by atoms with van der Waals surface area (Å²) in [5.41, 5.74) is -0.0139. The molecular formula is C10H16O4. The summed E-state index contributed by atoms with van der Waals surface area (Å²) in [5, 5.41) is 17.8. The lowest BCUT2D eigenvalue weighted by Crippen LogP contribution is -2.18. The molecule has 0 bridgehead atoms. The minimum absolute atomic E-state index is 0.00694. The average molecular weight is 200 g/mol. The maximum atomic E-state index is 10.9. The highest BCUT2D eigenvalue weighted by atomic mass is 16.4. The van der Waals surface area contributed by atoms with E-state index in [2.05, 4.69) is 0 Å². The van der Waals surface area contributed by atoms with Crippen LogP contribution in [0.3, 0.4) is 0 Å². The van der Waals surface area contributed by atoms with Gasteiger partial charge in [-0.15, -0.1) is 0 Å². The van der Waals surface area contributed by atoms with Crippen LogP contribution < -0.4 is 0 Å². The predicted octanol–water partition coefficient (Wildman–Crippen LogP) is 1.76. The molecule has 0 saturated heterocycles. The lowest BCUT2D eigenvalue weighted by molar-refractivity contribution is -0.136. The molecule has 0 heterocycles. The highest BCUT2D eigenvalue weighted by molar-refractivity contribution is 5.99. The average Bonchev–Trinajstić information content (AvgIpc) is 1.96. The van der Waals surface area contributed by atoms with Crippen molar-refractivity contribution in [3.63, 3.8) is 0 Å². The highest BCUT2D eigenvalue weighted by Crippen LogP contribution is 2.21. The van der Waals surface area contributed by atoms with Crippen LogP contribution in [0.1, 0.15) is 27.7 Å². The van der Waals surface area contributed by atoms with Gasteiger partial charge in [0.15, 0.2) is 0 Å². The zero-order chi connectivity index (χ0) is 11.5. The molecule has 80 valence electrons. The molecule has 0 fully saturated rings. The second kappa shape index (κ2) is 4.79. The Morgan fingerprint density at radius 2 is 1.00 bits per heavy atom. The molecule has 0 unspecified atom stereocenters. The van der Waals surface area contributed by atoms with E-state index in [1.54, 1.807) is 27.7 Å². The summed E-state index contributed by atoms with van der Waals surface area (Å²) < 4.78 is 0. The number of aliphatic carboxylic acids is 2. The Hall–Kier alpha value is -1.32. The fourth-order valence-electron chi connectivity index (χ4n) is 1.35. The number of carboxylic acids is 2. The normalized spacial score (nSPS) is 13.0. The van der Waals surface area contributed by atoms with Crippen molar-refractivity contribution < 1.29 is 19.8 Å².